The van der Waals surface area contributed by atoms with E-state index in [0.717, 1.165) is 27.9 Å². The lowest BCUT2D eigenvalue weighted by molar-refractivity contribution is -0.146. The molecule has 2 amide bonds. The van der Waals surface area contributed by atoms with Crippen molar-refractivity contribution < 1.29 is 14.7 Å². The average molecular weight is 438 g/mol. The number of rotatable bonds is 3. The van der Waals surface area contributed by atoms with Gasteiger partial charge in [0.25, 0.3) is 5.91 Å². The van der Waals surface area contributed by atoms with Gasteiger partial charge in [0, 0.05) is 37.4 Å². The highest BCUT2D eigenvalue weighted by molar-refractivity contribution is 6.00. The number of carbonyl (C=O) groups excluding carboxylic acids is 2. The molecule has 6 heteroatoms. The molecule has 6 nitrogen and oxygen atoms in total. The van der Waals surface area contributed by atoms with Crippen LogP contribution in [0.1, 0.15) is 54.6 Å². The molecule has 1 heterocycles. The number of aromatic hydroxyl groups is 1. The Morgan fingerprint density at radius 1 is 1.09 bits per heavy atom. The number of fused-ring (bicyclic) bond motifs is 1. The molecule has 0 saturated carbocycles. The number of hydrogen-bond donors (Lipinski definition) is 2. The summed E-state index contributed by atoms with van der Waals surface area (Å²) in [6.45, 7) is 11.7. The molecule has 32 heavy (non-hydrogen) atoms. The van der Waals surface area contributed by atoms with E-state index >= 15 is 0 Å². The summed E-state index contributed by atoms with van der Waals surface area (Å²) in [5, 5.41) is 13.3. The highest BCUT2D eigenvalue weighted by Crippen LogP contribution is 2.37. The highest BCUT2D eigenvalue weighted by atomic mass is 16.3. The van der Waals surface area contributed by atoms with Gasteiger partial charge in [-0.15, -0.1) is 0 Å². The normalized spacial score (nSPS) is 15.9. The second-order valence-electron chi connectivity index (χ2n) is 10.0. The van der Waals surface area contributed by atoms with E-state index in [4.69, 9.17) is 0 Å². The van der Waals surface area contributed by atoms with E-state index in [-0.39, 0.29) is 17.6 Å². The molecular weight excluding hydrogens is 402 g/mol. The SMILES string of the molecule is Cc1cc(NC(=O)C2c3cc(N(C)C)ccc3CCN2C(=O)C(C)(C)C)c(C)c(C)c1O. The molecule has 1 unspecified atom stereocenters. The van der Waals surface area contributed by atoms with Crippen LogP contribution in [0.25, 0.3) is 0 Å². The molecule has 2 N–H and O–H groups in total. The summed E-state index contributed by atoms with van der Waals surface area (Å²) in [5.41, 5.74) is 5.24. The number of nitrogens with zero attached hydrogens (tertiary/aromatic N) is 2. The predicted molar refractivity (Wildman–Crippen MR) is 129 cm³/mol. The molecule has 1 atom stereocenters. The van der Waals surface area contributed by atoms with Crippen LogP contribution in [0, 0.1) is 26.2 Å². The van der Waals surface area contributed by atoms with Crippen molar-refractivity contribution in [1.29, 1.82) is 0 Å². The lowest BCUT2D eigenvalue weighted by Gasteiger charge is -2.40. The minimum absolute atomic E-state index is 0.0478. The Bertz CT molecular complexity index is 1070. The van der Waals surface area contributed by atoms with Crippen LogP contribution in [-0.4, -0.2) is 42.5 Å². The minimum Gasteiger partial charge on any atom is -0.507 e. The molecule has 3 rings (SSSR count). The average Bonchev–Trinajstić information content (AvgIpc) is 2.73. The molecule has 2 aromatic carbocycles. The number of hydrogen-bond acceptors (Lipinski definition) is 4. The van der Waals surface area contributed by atoms with Crippen molar-refractivity contribution >= 4 is 23.2 Å². The monoisotopic (exact) mass is 437 g/mol. The van der Waals surface area contributed by atoms with E-state index in [1.54, 1.807) is 11.0 Å². The van der Waals surface area contributed by atoms with E-state index in [9.17, 15) is 14.7 Å². The van der Waals surface area contributed by atoms with Gasteiger partial charge in [0.15, 0.2) is 0 Å². The van der Waals surface area contributed by atoms with Gasteiger partial charge in [0.1, 0.15) is 11.8 Å². The second kappa shape index (κ2) is 8.49. The fourth-order valence-electron chi connectivity index (χ4n) is 4.21. The van der Waals surface area contributed by atoms with Gasteiger partial charge < -0.3 is 20.2 Å². The quantitative estimate of drug-likeness (QED) is 0.694. The van der Waals surface area contributed by atoms with Crippen molar-refractivity contribution in [3.05, 3.63) is 52.1 Å². The van der Waals surface area contributed by atoms with E-state index < -0.39 is 11.5 Å². The zero-order valence-corrected chi connectivity index (χ0v) is 20.5. The molecule has 172 valence electrons. The van der Waals surface area contributed by atoms with Crippen molar-refractivity contribution in [2.45, 2.75) is 54.0 Å². The maximum absolute atomic E-state index is 13.7. The molecule has 1 aliphatic rings. The Labute approximate surface area is 191 Å². The first-order valence-corrected chi connectivity index (χ1v) is 11.0. The van der Waals surface area contributed by atoms with E-state index in [0.29, 0.717) is 24.2 Å². The molecule has 0 bridgehead atoms. The van der Waals surface area contributed by atoms with Gasteiger partial charge in [-0.2, -0.15) is 0 Å². The molecule has 0 saturated heterocycles. The van der Waals surface area contributed by atoms with E-state index in [1.807, 2.05) is 72.7 Å². The van der Waals surface area contributed by atoms with Crippen molar-refractivity contribution in [2.75, 3.05) is 30.9 Å². The summed E-state index contributed by atoms with van der Waals surface area (Å²) in [6.07, 6.45) is 0.713. The Kier molecular flexibility index (Phi) is 6.27. The zero-order valence-electron chi connectivity index (χ0n) is 20.5. The van der Waals surface area contributed by atoms with Crippen LogP contribution in [0.15, 0.2) is 24.3 Å². The van der Waals surface area contributed by atoms with Crippen molar-refractivity contribution in [3.63, 3.8) is 0 Å². The molecule has 1 aliphatic heterocycles. The fourth-order valence-corrected chi connectivity index (χ4v) is 4.21. The van der Waals surface area contributed by atoms with Crippen LogP contribution in [-0.2, 0) is 16.0 Å². The van der Waals surface area contributed by atoms with Crippen molar-refractivity contribution in [1.82, 2.24) is 4.90 Å². The van der Waals surface area contributed by atoms with Gasteiger partial charge in [0.2, 0.25) is 5.91 Å². The number of carbonyl (C=O) groups is 2. The number of amides is 2. The lowest BCUT2D eigenvalue weighted by atomic mass is 9.87. The van der Waals surface area contributed by atoms with Gasteiger partial charge in [-0.1, -0.05) is 26.8 Å². The van der Waals surface area contributed by atoms with Crippen LogP contribution in [0.5, 0.6) is 5.75 Å². The Morgan fingerprint density at radius 2 is 1.75 bits per heavy atom. The third-order valence-corrected chi connectivity index (χ3v) is 6.34. The smallest absolute Gasteiger partial charge is 0.251 e. The first-order chi connectivity index (χ1) is 14.8. The number of phenolic OH excluding ortho intramolecular Hbond substituents is 1. The first-order valence-electron chi connectivity index (χ1n) is 11.0. The maximum Gasteiger partial charge on any atom is 0.251 e. The number of anilines is 2. The van der Waals surface area contributed by atoms with Crippen LogP contribution >= 0.6 is 0 Å². The minimum atomic E-state index is -0.723. The van der Waals surface area contributed by atoms with Crippen LogP contribution in [0.2, 0.25) is 0 Å². The highest BCUT2D eigenvalue weighted by Gasteiger charge is 2.40. The summed E-state index contributed by atoms with van der Waals surface area (Å²) in [5.74, 6) is -0.0518. The standard InChI is InChI=1S/C26H35N3O3/c1-15-13-21(16(2)17(3)23(15)30)27-24(31)22-20-14-19(28(7)8)10-9-18(20)11-12-29(22)25(32)26(4,5)6/h9-10,13-14,22,30H,11-12H2,1-8H3,(H,27,31). The summed E-state index contributed by atoms with van der Waals surface area (Å²) in [7, 11) is 3.92. The zero-order chi connectivity index (χ0) is 24.0. The Balaban J connectivity index is 2.09. The molecular formula is C26H35N3O3. The number of aryl methyl sites for hydroxylation is 1. The summed E-state index contributed by atoms with van der Waals surface area (Å²) >= 11 is 0. The lowest BCUT2D eigenvalue weighted by Crippen LogP contribution is -2.49. The van der Waals surface area contributed by atoms with Crippen molar-refractivity contribution in [3.8, 4) is 5.75 Å². The summed E-state index contributed by atoms with van der Waals surface area (Å²) < 4.78 is 0. The summed E-state index contributed by atoms with van der Waals surface area (Å²) in [6, 6.07) is 7.18. The Morgan fingerprint density at radius 3 is 2.34 bits per heavy atom. The van der Waals surface area contributed by atoms with E-state index in [1.165, 1.54) is 0 Å². The van der Waals surface area contributed by atoms with Gasteiger partial charge in [-0.3, -0.25) is 9.59 Å². The van der Waals surface area contributed by atoms with Crippen LogP contribution in [0.4, 0.5) is 11.4 Å². The number of phenols is 1. The van der Waals surface area contributed by atoms with Crippen LogP contribution < -0.4 is 10.2 Å². The van der Waals surface area contributed by atoms with Gasteiger partial charge >= 0.3 is 0 Å². The second-order valence-corrected chi connectivity index (χ2v) is 10.0. The number of benzene rings is 2. The largest absolute Gasteiger partial charge is 0.507 e. The third-order valence-electron chi connectivity index (χ3n) is 6.34. The van der Waals surface area contributed by atoms with Gasteiger partial charge in [-0.05, 0) is 73.2 Å². The molecule has 0 radical (unpaired) electrons. The molecule has 0 aromatic heterocycles. The topological polar surface area (TPSA) is 72.9 Å². The maximum atomic E-state index is 13.7. The molecule has 0 fully saturated rings. The predicted octanol–water partition coefficient (Wildman–Crippen LogP) is 4.49. The van der Waals surface area contributed by atoms with Crippen molar-refractivity contribution in [2.24, 2.45) is 5.41 Å². The third kappa shape index (κ3) is 4.31. The fraction of sp³-hybridized carbons (Fsp3) is 0.462. The first kappa shape index (κ1) is 23.6. The Hall–Kier alpha value is -3.02. The van der Waals surface area contributed by atoms with Gasteiger partial charge in [0.05, 0.1) is 0 Å². The molecule has 0 aliphatic carbocycles. The van der Waals surface area contributed by atoms with E-state index in [2.05, 4.69) is 11.4 Å². The molecule has 0 spiro atoms. The molecule has 2 aromatic rings. The van der Waals surface area contributed by atoms with Crippen LogP contribution in [0.3, 0.4) is 0 Å². The van der Waals surface area contributed by atoms with Gasteiger partial charge in [-0.25, -0.2) is 0 Å². The summed E-state index contributed by atoms with van der Waals surface area (Å²) in [4.78, 5) is 30.8. The number of nitrogens with one attached hydrogen (secondary N) is 1.